The summed E-state index contributed by atoms with van der Waals surface area (Å²) in [6, 6.07) is 23.7. The van der Waals surface area contributed by atoms with E-state index in [1.807, 2.05) is 12.1 Å². The minimum absolute atomic E-state index is 0.0433. The molecule has 146 valence electrons. The van der Waals surface area contributed by atoms with Crippen molar-refractivity contribution in [2.45, 2.75) is 13.2 Å². The lowest BCUT2D eigenvalue weighted by atomic mass is 10.1. The first-order valence-electron chi connectivity index (χ1n) is 9.01. The van der Waals surface area contributed by atoms with Crippen molar-refractivity contribution in [3.05, 3.63) is 106 Å². The topological polar surface area (TPSA) is 100 Å². The first-order chi connectivity index (χ1) is 14.6. The van der Waals surface area contributed by atoms with Gasteiger partial charge in [-0.25, -0.2) is 9.59 Å². The number of hydrogen-bond donors (Lipinski definition) is 0. The number of nitrogens with zero attached hydrogens (tertiary/aromatic N) is 2. The Kier molecular flexibility index (Phi) is 6.55. The third-order valence-corrected chi connectivity index (χ3v) is 4.19. The van der Waals surface area contributed by atoms with Crippen LogP contribution < -0.4 is 0 Å². The molecule has 0 saturated heterocycles. The van der Waals surface area contributed by atoms with Gasteiger partial charge in [-0.3, -0.25) is 0 Å². The van der Waals surface area contributed by atoms with E-state index in [0.717, 1.165) is 11.1 Å². The van der Waals surface area contributed by atoms with Crippen molar-refractivity contribution in [2.24, 2.45) is 0 Å². The lowest BCUT2D eigenvalue weighted by Crippen LogP contribution is -2.07. The SMILES string of the molecule is N#Cc1cccc(C(=O)OCc2cccc(COC(=O)c3cccc(C#N)c3)c2)c1. The molecule has 0 atom stereocenters. The molecule has 30 heavy (non-hydrogen) atoms. The Hall–Kier alpha value is -4.42. The molecule has 3 aromatic carbocycles. The highest BCUT2D eigenvalue weighted by atomic mass is 16.5. The van der Waals surface area contributed by atoms with Crippen LogP contribution in [0.3, 0.4) is 0 Å². The molecule has 0 spiro atoms. The van der Waals surface area contributed by atoms with Crippen molar-refractivity contribution >= 4 is 11.9 Å². The summed E-state index contributed by atoms with van der Waals surface area (Å²) in [4.78, 5) is 24.3. The standard InChI is InChI=1S/C24H16N2O4/c25-13-17-4-2-8-21(11-17)23(27)29-15-19-6-1-7-20(10-19)16-30-24(28)22-9-3-5-18(12-22)14-26/h1-12H,15-16H2. The van der Waals surface area contributed by atoms with Gasteiger partial charge in [-0.05, 0) is 53.6 Å². The monoisotopic (exact) mass is 396 g/mol. The Morgan fingerprint density at radius 1 is 0.667 bits per heavy atom. The molecule has 0 N–H and O–H groups in total. The van der Waals surface area contributed by atoms with E-state index in [-0.39, 0.29) is 13.2 Å². The molecule has 0 bridgehead atoms. The van der Waals surface area contributed by atoms with Gasteiger partial charge in [0.2, 0.25) is 0 Å². The molecular weight excluding hydrogens is 380 g/mol. The van der Waals surface area contributed by atoms with Crippen molar-refractivity contribution in [3.8, 4) is 12.1 Å². The molecule has 0 aliphatic rings. The Labute approximate surface area is 173 Å². The highest BCUT2D eigenvalue weighted by Gasteiger charge is 2.10. The van der Waals surface area contributed by atoms with E-state index in [1.165, 1.54) is 12.1 Å². The van der Waals surface area contributed by atoms with Crippen LogP contribution in [-0.4, -0.2) is 11.9 Å². The van der Waals surface area contributed by atoms with Crippen molar-refractivity contribution < 1.29 is 19.1 Å². The Morgan fingerprint density at radius 3 is 1.53 bits per heavy atom. The summed E-state index contributed by atoms with van der Waals surface area (Å²) < 4.78 is 10.6. The van der Waals surface area contributed by atoms with Gasteiger partial charge in [0.1, 0.15) is 13.2 Å². The van der Waals surface area contributed by atoms with E-state index in [9.17, 15) is 9.59 Å². The molecule has 0 fully saturated rings. The number of ether oxygens (including phenoxy) is 2. The molecule has 0 aliphatic heterocycles. The second kappa shape index (κ2) is 9.68. The summed E-state index contributed by atoms with van der Waals surface area (Å²) in [5.74, 6) is -1.05. The van der Waals surface area contributed by atoms with Gasteiger partial charge in [0, 0.05) is 0 Å². The highest BCUT2D eigenvalue weighted by Crippen LogP contribution is 2.13. The van der Waals surface area contributed by atoms with Crippen molar-refractivity contribution in [1.82, 2.24) is 0 Å². The minimum Gasteiger partial charge on any atom is -0.457 e. The van der Waals surface area contributed by atoms with E-state index in [1.54, 1.807) is 60.7 Å². The molecule has 0 amide bonds. The van der Waals surface area contributed by atoms with Gasteiger partial charge >= 0.3 is 11.9 Å². The van der Waals surface area contributed by atoms with Gasteiger partial charge < -0.3 is 9.47 Å². The van der Waals surface area contributed by atoms with Crippen molar-refractivity contribution in [3.63, 3.8) is 0 Å². The summed E-state index contributed by atoms with van der Waals surface area (Å²) in [5, 5.41) is 17.8. The smallest absolute Gasteiger partial charge is 0.338 e. The molecule has 0 aliphatic carbocycles. The predicted molar refractivity (Wildman–Crippen MR) is 107 cm³/mol. The Balaban J connectivity index is 1.58. The second-order valence-corrected chi connectivity index (χ2v) is 6.36. The molecule has 0 heterocycles. The van der Waals surface area contributed by atoms with Crippen molar-refractivity contribution in [2.75, 3.05) is 0 Å². The maximum absolute atomic E-state index is 12.2. The van der Waals surface area contributed by atoms with Crippen LogP contribution in [0.25, 0.3) is 0 Å². The zero-order valence-electron chi connectivity index (χ0n) is 15.9. The van der Waals surface area contributed by atoms with E-state index in [4.69, 9.17) is 20.0 Å². The van der Waals surface area contributed by atoms with Crippen LogP contribution in [0.4, 0.5) is 0 Å². The zero-order valence-corrected chi connectivity index (χ0v) is 15.9. The fourth-order valence-electron chi connectivity index (χ4n) is 2.71. The molecule has 0 aromatic heterocycles. The van der Waals surface area contributed by atoms with E-state index < -0.39 is 11.9 Å². The maximum Gasteiger partial charge on any atom is 0.338 e. The summed E-state index contributed by atoms with van der Waals surface area (Å²) >= 11 is 0. The van der Waals surface area contributed by atoms with Gasteiger partial charge in [-0.2, -0.15) is 10.5 Å². The number of carbonyl (C=O) groups is 2. The van der Waals surface area contributed by atoms with Crippen LogP contribution in [0.2, 0.25) is 0 Å². The second-order valence-electron chi connectivity index (χ2n) is 6.36. The van der Waals surface area contributed by atoms with Gasteiger partial charge in [0.05, 0.1) is 34.4 Å². The lowest BCUT2D eigenvalue weighted by molar-refractivity contribution is 0.0471. The van der Waals surface area contributed by atoms with Gasteiger partial charge in [0.15, 0.2) is 0 Å². The number of hydrogen-bond acceptors (Lipinski definition) is 6. The molecular formula is C24H16N2O4. The quantitative estimate of drug-likeness (QED) is 0.581. The molecule has 0 radical (unpaired) electrons. The normalized spacial score (nSPS) is 9.80. The number of carbonyl (C=O) groups excluding carboxylic acids is 2. The van der Waals surface area contributed by atoms with E-state index in [0.29, 0.717) is 22.3 Å². The number of esters is 2. The van der Waals surface area contributed by atoms with Crippen LogP contribution in [0.15, 0.2) is 72.8 Å². The molecule has 6 nitrogen and oxygen atoms in total. The van der Waals surface area contributed by atoms with Crippen LogP contribution in [0.5, 0.6) is 0 Å². The van der Waals surface area contributed by atoms with E-state index in [2.05, 4.69) is 0 Å². The average molecular weight is 396 g/mol. The summed E-state index contributed by atoms with van der Waals surface area (Å²) in [6.07, 6.45) is 0. The molecule has 0 unspecified atom stereocenters. The van der Waals surface area contributed by atoms with Gasteiger partial charge in [0.25, 0.3) is 0 Å². The fraction of sp³-hybridized carbons (Fsp3) is 0.0833. The Bertz CT molecular complexity index is 1080. The number of nitriles is 2. The maximum atomic E-state index is 12.2. The zero-order chi connectivity index (χ0) is 21.3. The average Bonchev–Trinajstić information content (AvgIpc) is 2.81. The first-order valence-corrected chi connectivity index (χ1v) is 9.01. The Morgan fingerprint density at radius 2 is 1.10 bits per heavy atom. The summed E-state index contributed by atoms with van der Waals surface area (Å²) in [7, 11) is 0. The summed E-state index contributed by atoms with van der Waals surface area (Å²) in [6.45, 7) is 0.0865. The largest absolute Gasteiger partial charge is 0.457 e. The van der Waals surface area contributed by atoms with Crippen LogP contribution in [0.1, 0.15) is 43.0 Å². The highest BCUT2D eigenvalue weighted by molar-refractivity contribution is 5.90. The molecule has 6 heteroatoms. The molecule has 3 rings (SSSR count). The fourth-order valence-corrected chi connectivity index (χ4v) is 2.71. The van der Waals surface area contributed by atoms with Gasteiger partial charge in [-0.15, -0.1) is 0 Å². The minimum atomic E-state index is -0.527. The molecule has 3 aromatic rings. The molecule has 0 saturated carbocycles. The van der Waals surface area contributed by atoms with E-state index >= 15 is 0 Å². The third-order valence-electron chi connectivity index (χ3n) is 4.19. The predicted octanol–water partition coefficient (Wildman–Crippen LogP) is 4.14. The first kappa shape index (κ1) is 20.3. The van der Waals surface area contributed by atoms with Gasteiger partial charge in [-0.1, -0.05) is 30.3 Å². The van der Waals surface area contributed by atoms with Crippen molar-refractivity contribution in [1.29, 1.82) is 10.5 Å². The number of rotatable bonds is 6. The van der Waals surface area contributed by atoms with Crippen LogP contribution in [-0.2, 0) is 22.7 Å². The van der Waals surface area contributed by atoms with Crippen LogP contribution >= 0.6 is 0 Å². The number of benzene rings is 3. The third kappa shape index (κ3) is 5.31. The lowest BCUT2D eigenvalue weighted by Gasteiger charge is -2.08. The van der Waals surface area contributed by atoms with Crippen LogP contribution in [0, 0.1) is 22.7 Å². The summed E-state index contributed by atoms with van der Waals surface area (Å²) in [5.41, 5.74) is 2.85.